The summed E-state index contributed by atoms with van der Waals surface area (Å²) in [4.78, 5) is 49.6. The summed E-state index contributed by atoms with van der Waals surface area (Å²) in [6.07, 6.45) is -5.08. The molecular formula is C23H27F3N4O6S. The number of rotatable bonds is 7. The Balaban J connectivity index is 0.000000604. The molecule has 1 aromatic carbocycles. The number of thiophene rings is 1. The number of benzene rings is 1. The Kier molecular flexibility index (Phi) is 10.4. The van der Waals surface area contributed by atoms with Gasteiger partial charge in [0.15, 0.2) is 0 Å². The van der Waals surface area contributed by atoms with Gasteiger partial charge >= 0.3 is 18.1 Å². The molecule has 2 aromatic rings. The average Bonchev–Trinajstić information content (AvgIpc) is 3.34. The molecule has 1 fully saturated rings. The number of aromatic carboxylic acids is 1. The van der Waals surface area contributed by atoms with Crippen LogP contribution in [-0.2, 0) is 9.59 Å². The number of carboxylic acids is 2. The predicted octanol–water partition coefficient (Wildman–Crippen LogP) is 2.98. The average molecular weight is 545 g/mol. The van der Waals surface area contributed by atoms with Crippen LogP contribution in [0.4, 0.5) is 24.5 Å². The van der Waals surface area contributed by atoms with Crippen LogP contribution in [0.25, 0.3) is 0 Å². The number of hydrogen-bond acceptors (Lipinski definition) is 7. The van der Waals surface area contributed by atoms with E-state index in [4.69, 9.17) is 9.90 Å². The van der Waals surface area contributed by atoms with E-state index in [1.54, 1.807) is 24.3 Å². The van der Waals surface area contributed by atoms with E-state index in [1.165, 1.54) is 17.4 Å². The second-order valence-corrected chi connectivity index (χ2v) is 9.20. The van der Waals surface area contributed by atoms with Crippen LogP contribution in [-0.4, -0.2) is 83.8 Å². The molecule has 0 atom stereocenters. The molecular weight excluding hydrogens is 517 g/mol. The fourth-order valence-corrected chi connectivity index (χ4v) is 4.00. The van der Waals surface area contributed by atoms with E-state index < -0.39 is 18.1 Å². The van der Waals surface area contributed by atoms with E-state index in [1.807, 2.05) is 24.1 Å². The van der Waals surface area contributed by atoms with E-state index >= 15 is 0 Å². The summed E-state index contributed by atoms with van der Waals surface area (Å²) >= 11 is 1.32. The first kappa shape index (κ1) is 29.6. The van der Waals surface area contributed by atoms with Gasteiger partial charge in [0, 0.05) is 37.9 Å². The predicted molar refractivity (Wildman–Crippen MR) is 131 cm³/mol. The number of hydrogen-bond donors (Lipinski definition) is 4. The van der Waals surface area contributed by atoms with Crippen LogP contribution in [0.3, 0.4) is 0 Å². The normalized spacial score (nSPS) is 13.9. The quantitative estimate of drug-likeness (QED) is 0.417. The van der Waals surface area contributed by atoms with Gasteiger partial charge in [-0.3, -0.25) is 14.5 Å². The highest BCUT2D eigenvalue weighted by Gasteiger charge is 2.38. The number of aliphatic carboxylic acids is 1. The molecule has 0 spiro atoms. The lowest BCUT2D eigenvalue weighted by Crippen LogP contribution is -2.50. The Labute approximate surface area is 214 Å². The fraction of sp³-hybridized carbons (Fsp3) is 0.391. The standard InChI is InChI=1S/C21H26N4O4S.C2HF3O2/c1-14(2)22-19(26)13-24-7-9-25(10-8-24)17-6-5-15(12-16(17)21(28)29)23-20(27)18-4-3-11-30-18;3-2(4,5)1(6)7/h3-6,11-12,14H,7-10,13H2,1-2H3,(H,22,26)(H,23,27)(H,28,29);(H,6,7). The van der Waals surface area contributed by atoms with Crippen molar-refractivity contribution in [2.75, 3.05) is 42.9 Å². The first-order valence-corrected chi connectivity index (χ1v) is 11.9. The maximum absolute atomic E-state index is 12.2. The summed E-state index contributed by atoms with van der Waals surface area (Å²) in [6.45, 7) is 6.77. The molecule has 1 aliphatic rings. The van der Waals surface area contributed by atoms with Crippen molar-refractivity contribution >= 4 is 46.5 Å². The minimum Gasteiger partial charge on any atom is -0.478 e. The van der Waals surface area contributed by atoms with Crippen LogP contribution < -0.4 is 15.5 Å². The Bertz CT molecular complexity index is 1100. The molecule has 2 heterocycles. The van der Waals surface area contributed by atoms with Crippen LogP contribution in [0.15, 0.2) is 35.7 Å². The summed E-state index contributed by atoms with van der Waals surface area (Å²) in [5, 5.41) is 24.3. The van der Waals surface area contributed by atoms with Crippen molar-refractivity contribution in [3.63, 3.8) is 0 Å². The molecule has 37 heavy (non-hydrogen) atoms. The van der Waals surface area contributed by atoms with Crippen molar-refractivity contribution in [3.05, 3.63) is 46.2 Å². The minimum atomic E-state index is -5.08. The van der Waals surface area contributed by atoms with Gasteiger partial charge in [0.05, 0.1) is 22.7 Å². The first-order chi connectivity index (χ1) is 17.3. The molecule has 1 aliphatic heterocycles. The third kappa shape index (κ3) is 9.38. The van der Waals surface area contributed by atoms with Gasteiger partial charge in [-0.05, 0) is 43.5 Å². The molecule has 3 rings (SSSR count). The third-order valence-electron chi connectivity index (χ3n) is 5.00. The number of nitrogens with one attached hydrogen (secondary N) is 2. The van der Waals surface area contributed by atoms with Crippen molar-refractivity contribution in [2.24, 2.45) is 0 Å². The van der Waals surface area contributed by atoms with Gasteiger partial charge in [-0.1, -0.05) is 6.07 Å². The summed E-state index contributed by atoms with van der Waals surface area (Å²) < 4.78 is 31.7. The van der Waals surface area contributed by atoms with Crippen LogP contribution in [0.5, 0.6) is 0 Å². The highest BCUT2D eigenvalue weighted by Crippen LogP contribution is 2.26. The van der Waals surface area contributed by atoms with Crippen LogP contribution in [0, 0.1) is 0 Å². The van der Waals surface area contributed by atoms with Crippen molar-refractivity contribution in [3.8, 4) is 0 Å². The van der Waals surface area contributed by atoms with Gasteiger partial charge in [-0.15, -0.1) is 11.3 Å². The lowest BCUT2D eigenvalue weighted by Gasteiger charge is -2.36. The van der Waals surface area contributed by atoms with E-state index in [9.17, 15) is 32.7 Å². The van der Waals surface area contributed by atoms with Crippen molar-refractivity contribution in [1.29, 1.82) is 0 Å². The van der Waals surface area contributed by atoms with E-state index in [0.29, 0.717) is 49.0 Å². The molecule has 14 heteroatoms. The Morgan fingerprint density at radius 3 is 2.16 bits per heavy atom. The van der Waals surface area contributed by atoms with Gasteiger partial charge in [0.2, 0.25) is 5.91 Å². The zero-order valence-electron chi connectivity index (χ0n) is 20.0. The van der Waals surface area contributed by atoms with Crippen molar-refractivity contribution < 1.29 is 42.6 Å². The van der Waals surface area contributed by atoms with E-state index in [-0.39, 0.29) is 23.4 Å². The van der Waals surface area contributed by atoms with Crippen molar-refractivity contribution in [1.82, 2.24) is 10.2 Å². The zero-order chi connectivity index (χ0) is 27.8. The largest absolute Gasteiger partial charge is 0.490 e. The highest BCUT2D eigenvalue weighted by molar-refractivity contribution is 7.12. The first-order valence-electron chi connectivity index (χ1n) is 11.1. The van der Waals surface area contributed by atoms with Crippen LogP contribution in [0.1, 0.15) is 33.9 Å². The summed E-state index contributed by atoms with van der Waals surface area (Å²) in [7, 11) is 0. The maximum Gasteiger partial charge on any atom is 0.490 e. The molecule has 4 N–H and O–H groups in total. The molecule has 1 saturated heterocycles. The number of carbonyl (C=O) groups excluding carboxylic acids is 2. The monoisotopic (exact) mass is 544 g/mol. The van der Waals surface area contributed by atoms with Crippen molar-refractivity contribution in [2.45, 2.75) is 26.1 Å². The van der Waals surface area contributed by atoms with Gasteiger partial charge in [0.1, 0.15) is 0 Å². The second-order valence-electron chi connectivity index (χ2n) is 8.26. The van der Waals surface area contributed by atoms with E-state index in [2.05, 4.69) is 15.5 Å². The lowest BCUT2D eigenvalue weighted by molar-refractivity contribution is -0.192. The van der Waals surface area contributed by atoms with Gasteiger partial charge in [0.25, 0.3) is 5.91 Å². The highest BCUT2D eigenvalue weighted by atomic mass is 32.1. The summed E-state index contributed by atoms with van der Waals surface area (Å²) in [5.74, 6) is -4.07. The SMILES string of the molecule is CC(C)NC(=O)CN1CCN(c2ccc(NC(=O)c3cccs3)cc2C(=O)O)CC1.O=C(O)C(F)(F)F. The number of carboxylic acid groups (broad SMARTS) is 2. The Morgan fingerprint density at radius 1 is 1.05 bits per heavy atom. The van der Waals surface area contributed by atoms with Gasteiger partial charge in [-0.2, -0.15) is 13.2 Å². The molecule has 0 saturated carbocycles. The molecule has 0 radical (unpaired) electrons. The van der Waals surface area contributed by atoms with E-state index in [0.717, 1.165) is 0 Å². The number of anilines is 2. The zero-order valence-corrected chi connectivity index (χ0v) is 20.9. The molecule has 1 aromatic heterocycles. The summed E-state index contributed by atoms with van der Waals surface area (Å²) in [5.41, 5.74) is 1.20. The molecule has 202 valence electrons. The maximum atomic E-state index is 12.2. The topological polar surface area (TPSA) is 139 Å². The summed E-state index contributed by atoms with van der Waals surface area (Å²) in [6, 6.07) is 8.55. The number of halogens is 3. The molecule has 2 amide bonds. The smallest absolute Gasteiger partial charge is 0.478 e. The number of nitrogens with zero attached hydrogens (tertiary/aromatic N) is 2. The number of alkyl halides is 3. The minimum absolute atomic E-state index is 0.00416. The molecule has 0 aliphatic carbocycles. The van der Waals surface area contributed by atoms with Gasteiger partial charge < -0.3 is 25.7 Å². The Hall–Kier alpha value is -3.65. The molecule has 10 nitrogen and oxygen atoms in total. The number of carbonyl (C=O) groups is 4. The lowest BCUT2D eigenvalue weighted by atomic mass is 10.1. The van der Waals surface area contributed by atoms with Gasteiger partial charge in [-0.25, -0.2) is 9.59 Å². The fourth-order valence-electron chi connectivity index (χ4n) is 3.38. The second kappa shape index (κ2) is 13.1. The number of piperazine rings is 1. The number of amides is 2. The van der Waals surface area contributed by atoms with Crippen LogP contribution >= 0.6 is 11.3 Å². The van der Waals surface area contributed by atoms with Crippen LogP contribution in [0.2, 0.25) is 0 Å². The molecule has 0 unspecified atom stereocenters. The Morgan fingerprint density at radius 2 is 1.68 bits per heavy atom. The molecule has 0 bridgehead atoms. The third-order valence-corrected chi connectivity index (χ3v) is 5.87.